The molecule has 7 rings (SSSR count). The Morgan fingerprint density at radius 1 is 0.587 bits per heavy atom. The fourth-order valence-electron chi connectivity index (χ4n) is 6.03. The number of anilines is 6. The Bertz CT molecular complexity index is 3030. The van der Waals surface area contributed by atoms with Gasteiger partial charge in [-0.15, -0.1) is 0 Å². The summed E-state index contributed by atoms with van der Waals surface area (Å²) >= 11 is 0. The van der Waals surface area contributed by atoms with Crippen molar-refractivity contribution in [2.45, 2.75) is 85.1 Å². The van der Waals surface area contributed by atoms with Gasteiger partial charge in [0, 0.05) is 54.7 Å². The molecule has 0 saturated carbocycles. The molecule has 46 heavy (non-hydrogen) atoms. The van der Waals surface area contributed by atoms with E-state index in [1.165, 1.54) is 36.9 Å². The third-order valence-electron chi connectivity index (χ3n) is 8.19. The minimum absolute atomic E-state index is 0.0419. The summed E-state index contributed by atoms with van der Waals surface area (Å²) in [5, 5.41) is 0. The van der Waals surface area contributed by atoms with Crippen molar-refractivity contribution in [2.24, 2.45) is 0 Å². The standard InChI is InChI=1S/C43H47BN2/c1-28-22-38-40-39(23-28)46(33-25-30(42(5,6)7)24-31(26-33)43(8,9)10)37-27-29(41(2,3)4)20-21-35(37)44(40)34-18-14-15-19-36(34)45(38)32-16-12-11-13-17-32/h11-27H,1-10H3/i1D3,2D3,5D3,6D3,8D3,11D,14D,16D,17D,19D,20D,24D,25D,26D,27D. The van der Waals surface area contributed by atoms with Crippen LogP contribution in [0.1, 0.15) is 119 Å². The second kappa shape index (κ2) is 10.4. The first-order chi connectivity index (χ1) is 32.0. The van der Waals surface area contributed by atoms with Crippen LogP contribution in [0.3, 0.4) is 0 Å². The zero-order chi connectivity index (χ0) is 54.0. The summed E-state index contributed by atoms with van der Waals surface area (Å²) in [6.07, 6.45) is 0. The quantitative estimate of drug-likeness (QED) is 0.176. The maximum atomic E-state index is 10.1. The largest absolute Gasteiger partial charge is 0.311 e. The lowest BCUT2D eigenvalue weighted by atomic mass is 9.33. The van der Waals surface area contributed by atoms with E-state index in [0.717, 1.165) is 49.9 Å². The zero-order valence-corrected chi connectivity index (χ0v) is 26.0. The van der Waals surface area contributed by atoms with Crippen molar-refractivity contribution in [3.8, 4) is 0 Å². The van der Waals surface area contributed by atoms with Gasteiger partial charge in [-0.05, 0) is 110 Å². The maximum absolute atomic E-state index is 10.1. The lowest BCUT2D eigenvalue weighted by Gasteiger charge is -2.45. The first kappa shape index (κ1) is 13.1. The molecular formula is C43H47BN2. The van der Waals surface area contributed by atoms with Crippen molar-refractivity contribution >= 4 is 57.2 Å². The number of para-hydroxylation sites is 2. The van der Waals surface area contributed by atoms with Crippen LogP contribution in [0.2, 0.25) is 0 Å². The number of rotatable bonds is 2. The third kappa shape index (κ3) is 4.96. The summed E-state index contributed by atoms with van der Waals surface area (Å²) < 4.78 is 224. The highest BCUT2D eigenvalue weighted by Gasteiger charge is 2.43. The van der Waals surface area contributed by atoms with Gasteiger partial charge in [-0.25, -0.2) is 0 Å². The number of benzene rings is 5. The Morgan fingerprint density at radius 3 is 1.87 bits per heavy atom. The summed E-state index contributed by atoms with van der Waals surface area (Å²) in [6, 6.07) is 1.85. The van der Waals surface area contributed by atoms with Gasteiger partial charge >= 0.3 is 0 Å². The predicted octanol–water partition coefficient (Wildman–Crippen LogP) is 9.97. The van der Waals surface area contributed by atoms with E-state index < -0.39 is 133 Å². The summed E-state index contributed by atoms with van der Waals surface area (Å²) in [7, 11) is 0. The first-order valence-corrected chi connectivity index (χ1v) is 14.7. The Morgan fingerprint density at radius 2 is 1.20 bits per heavy atom. The number of fused-ring (bicyclic) bond motifs is 4. The average Bonchev–Trinajstić information content (AvgIpc) is 3.16. The molecule has 0 radical (unpaired) electrons. The molecule has 0 aromatic heterocycles. The van der Waals surface area contributed by atoms with E-state index in [1.54, 1.807) is 0 Å². The fraction of sp³-hybridized carbons (Fsp3) is 0.302. The van der Waals surface area contributed by atoms with Gasteiger partial charge in [0.1, 0.15) is 0 Å². The van der Waals surface area contributed by atoms with Gasteiger partial charge in [-0.1, -0.05) is 117 Å². The summed E-state index contributed by atoms with van der Waals surface area (Å²) in [5.74, 6) is 0. The van der Waals surface area contributed by atoms with Crippen molar-refractivity contribution in [2.75, 3.05) is 9.80 Å². The van der Waals surface area contributed by atoms with Crippen LogP contribution in [-0.2, 0) is 16.2 Å². The molecule has 0 atom stereocenters. The SMILES string of the molecule is [2H]c1cc([2H])c(N2c3cc(C([2H])([2H])[2H])cc4c3B(c3cc([2H])cc([2H])c32)c2cc([2H])c(C(C)(C)C([2H])([2H])[2H])c([2H])c2N4c2c([2H])c(C(C)(C)C([2H])([2H])[2H])c([2H])c(C(C)(C([2H])([2H])[2H])C([2H])([2H])[2H])c2[2H])c([2H])c1. The normalized spacial score (nSPS) is 23.4. The van der Waals surface area contributed by atoms with Crippen LogP contribution in [0.5, 0.6) is 0 Å². The van der Waals surface area contributed by atoms with Crippen LogP contribution >= 0.6 is 0 Å². The Balaban J connectivity index is 1.87. The van der Waals surface area contributed by atoms with Crippen molar-refractivity contribution < 1.29 is 34.3 Å². The average molecular weight is 628 g/mol. The molecule has 2 aliphatic rings. The van der Waals surface area contributed by atoms with Crippen LogP contribution < -0.4 is 26.2 Å². The molecule has 2 nitrogen and oxygen atoms in total. The molecular weight excluding hydrogens is 555 g/mol. The minimum Gasteiger partial charge on any atom is -0.311 e. The van der Waals surface area contributed by atoms with Gasteiger partial charge in [0.15, 0.2) is 0 Å². The number of hydrogen-bond donors (Lipinski definition) is 0. The molecule has 0 fully saturated rings. The highest BCUT2D eigenvalue weighted by molar-refractivity contribution is 7.00. The van der Waals surface area contributed by atoms with Crippen molar-refractivity contribution in [3.05, 3.63) is 125 Å². The van der Waals surface area contributed by atoms with Crippen LogP contribution in [0.25, 0.3) is 0 Å². The maximum Gasteiger partial charge on any atom is 0.252 e. The van der Waals surface area contributed by atoms with E-state index in [4.69, 9.17) is 26.0 Å². The molecule has 0 spiro atoms. The zero-order valence-electron chi connectivity index (χ0n) is 51.0. The third-order valence-corrected chi connectivity index (χ3v) is 8.19. The second-order valence-corrected chi connectivity index (χ2v) is 13.0. The second-order valence-electron chi connectivity index (χ2n) is 13.0. The molecule has 5 aromatic rings. The van der Waals surface area contributed by atoms with Crippen LogP contribution in [0, 0.1) is 6.85 Å². The van der Waals surface area contributed by atoms with Crippen LogP contribution in [0.15, 0.2) is 103 Å². The molecule has 0 amide bonds. The Hall–Kier alpha value is -4.24. The monoisotopic (exact) mass is 628 g/mol. The van der Waals surface area contributed by atoms with Crippen molar-refractivity contribution in [1.29, 1.82) is 0 Å². The molecule has 0 saturated heterocycles. The first-order valence-electron chi connectivity index (χ1n) is 27.2. The van der Waals surface area contributed by atoms with Crippen LogP contribution in [0.4, 0.5) is 34.1 Å². The Labute approximate surface area is 312 Å². The van der Waals surface area contributed by atoms with Gasteiger partial charge in [0.05, 0.1) is 13.7 Å². The van der Waals surface area contributed by atoms with Crippen LogP contribution in [-0.4, -0.2) is 6.71 Å². The molecule has 232 valence electrons. The molecule has 0 aliphatic carbocycles. The number of aryl methyl sites for hydroxylation is 1. The summed E-state index contributed by atoms with van der Waals surface area (Å²) in [4.78, 5) is 2.16. The van der Waals surface area contributed by atoms with E-state index in [2.05, 4.69) is 0 Å². The predicted molar refractivity (Wildman–Crippen MR) is 201 cm³/mol. The molecule has 3 heteroatoms. The molecule has 2 aliphatic heterocycles. The van der Waals surface area contributed by atoms with Crippen molar-refractivity contribution in [1.82, 2.24) is 0 Å². The molecule has 2 heterocycles. The highest BCUT2D eigenvalue weighted by atomic mass is 15.2. The van der Waals surface area contributed by atoms with E-state index in [0.29, 0.717) is 0 Å². The highest BCUT2D eigenvalue weighted by Crippen LogP contribution is 2.46. The van der Waals surface area contributed by atoms with Crippen molar-refractivity contribution in [3.63, 3.8) is 0 Å². The van der Waals surface area contributed by atoms with Gasteiger partial charge in [0.2, 0.25) is 0 Å². The van der Waals surface area contributed by atoms with Gasteiger partial charge in [-0.2, -0.15) is 0 Å². The molecule has 0 N–H and O–H groups in total. The smallest absolute Gasteiger partial charge is 0.252 e. The molecule has 5 aromatic carbocycles. The van der Waals surface area contributed by atoms with Gasteiger partial charge in [-0.3, -0.25) is 0 Å². The fourth-order valence-corrected chi connectivity index (χ4v) is 6.03. The van der Waals surface area contributed by atoms with Gasteiger partial charge < -0.3 is 9.80 Å². The van der Waals surface area contributed by atoms with E-state index in [9.17, 15) is 8.22 Å². The Kier molecular flexibility index (Phi) is 2.96. The number of nitrogens with zero attached hydrogens (tertiary/aromatic N) is 2. The summed E-state index contributed by atoms with van der Waals surface area (Å²) in [6.45, 7) is -12.3. The lowest BCUT2D eigenvalue weighted by molar-refractivity contribution is 0.569. The topological polar surface area (TPSA) is 6.48 Å². The van der Waals surface area contributed by atoms with E-state index in [-0.39, 0.29) is 57.3 Å². The summed E-state index contributed by atoms with van der Waals surface area (Å²) in [5.41, 5.74) is -12.7. The lowest BCUT2D eigenvalue weighted by Crippen LogP contribution is -2.61. The van der Waals surface area contributed by atoms with E-state index >= 15 is 0 Å². The molecule has 0 bridgehead atoms. The van der Waals surface area contributed by atoms with E-state index in [1.807, 2.05) is 0 Å². The minimum atomic E-state index is -3.60. The van der Waals surface area contributed by atoms with Gasteiger partial charge in [0.25, 0.3) is 6.71 Å². The number of hydrogen-bond acceptors (Lipinski definition) is 2. The molecule has 0 unspecified atom stereocenters.